The molecule has 1 saturated heterocycles. The Balaban J connectivity index is 1.90. The average Bonchev–Trinajstić information content (AvgIpc) is 2.74. The van der Waals surface area contributed by atoms with Gasteiger partial charge in [0.15, 0.2) is 0 Å². The van der Waals surface area contributed by atoms with Gasteiger partial charge in [0.1, 0.15) is 0 Å². The fraction of sp³-hybridized carbons (Fsp3) is 0.583. The fourth-order valence-corrected chi connectivity index (χ4v) is 2.70. The Kier molecular flexibility index (Phi) is 3.81. The first kappa shape index (κ1) is 12.5. The zero-order valence-corrected chi connectivity index (χ0v) is 10.7. The molecule has 0 unspecified atom stereocenters. The number of rotatable bonds is 3. The molecule has 1 aliphatic rings. The molecule has 5 heteroatoms. The van der Waals surface area contributed by atoms with Gasteiger partial charge in [-0.25, -0.2) is 0 Å². The van der Waals surface area contributed by atoms with Crippen LogP contribution in [0.5, 0.6) is 0 Å². The standard InChI is InChI=1S/C12H17NO3S/c1-9-2-7-17-10(9)11(14)13-8-12(15)3-5-16-6-4-12/h2,7,15H,3-6,8H2,1H3,(H,13,14). The molecule has 0 aromatic carbocycles. The lowest BCUT2D eigenvalue weighted by Crippen LogP contribution is -2.46. The Morgan fingerprint density at radius 3 is 2.88 bits per heavy atom. The Morgan fingerprint density at radius 2 is 2.29 bits per heavy atom. The summed E-state index contributed by atoms with van der Waals surface area (Å²) in [5.41, 5.74) is 0.172. The van der Waals surface area contributed by atoms with Gasteiger partial charge in [0.05, 0.1) is 10.5 Å². The van der Waals surface area contributed by atoms with Crippen molar-refractivity contribution in [3.63, 3.8) is 0 Å². The number of nitrogens with one attached hydrogen (secondary N) is 1. The van der Waals surface area contributed by atoms with Gasteiger partial charge in [0.2, 0.25) is 0 Å². The third kappa shape index (κ3) is 3.06. The second-order valence-electron chi connectivity index (χ2n) is 4.45. The van der Waals surface area contributed by atoms with Gasteiger partial charge in [-0.3, -0.25) is 4.79 Å². The summed E-state index contributed by atoms with van der Waals surface area (Å²) in [7, 11) is 0. The largest absolute Gasteiger partial charge is 0.388 e. The highest BCUT2D eigenvalue weighted by Crippen LogP contribution is 2.20. The second kappa shape index (κ2) is 5.16. The number of thiophene rings is 1. The highest BCUT2D eigenvalue weighted by molar-refractivity contribution is 7.12. The molecule has 4 nitrogen and oxygen atoms in total. The van der Waals surface area contributed by atoms with E-state index in [1.165, 1.54) is 11.3 Å². The van der Waals surface area contributed by atoms with Crippen molar-refractivity contribution in [2.45, 2.75) is 25.4 Å². The van der Waals surface area contributed by atoms with Crippen molar-refractivity contribution in [3.8, 4) is 0 Å². The predicted octanol–water partition coefficient (Wildman–Crippen LogP) is 1.33. The number of aryl methyl sites for hydroxylation is 1. The summed E-state index contributed by atoms with van der Waals surface area (Å²) >= 11 is 1.42. The molecular formula is C12H17NO3S. The summed E-state index contributed by atoms with van der Waals surface area (Å²) in [5, 5.41) is 14.9. The molecule has 2 N–H and O–H groups in total. The quantitative estimate of drug-likeness (QED) is 0.856. The van der Waals surface area contributed by atoms with Crippen LogP contribution in [0.3, 0.4) is 0 Å². The molecule has 2 rings (SSSR count). The summed E-state index contributed by atoms with van der Waals surface area (Å²) < 4.78 is 5.19. The number of amides is 1. The van der Waals surface area contributed by atoms with Crippen molar-refractivity contribution in [1.82, 2.24) is 5.32 Å². The van der Waals surface area contributed by atoms with E-state index in [2.05, 4.69) is 5.32 Å². The Labute approximate surface area is 105 Å². The van der Waals surface area contributed by atoms with Crippen LogP contribution in [-0.4, -0.2) is 36.4 Å². The van der Waals surface area contributed by atoms with E-state index in [1.807, 2.05) is 18.4 Å². The number of carbonyl (C=O) groups excluding carboxylic acids is 1. The van der Waals surface area contributed by atoms with Gasteiger partial charge >= 0.3 is 0 Å². The molecule has 0 saturated carbocycles. The van der Waals surface area contributed by atoms with Gasteiger partial charge in [-0.1, -0.05) is 0 Å². The van der Waals surface area contributed by atoms with Crippen molar-refractivity contribution in [1.29, 1.82) is 0 Å². The predicted molar refractivity (Wildman–Crippen MR) is 66.4 cm³/mol. The van der Waals surface area contributed by atoms with Crippen molar-refractivity contribution in [2.24, 2.45) is 0 Å². The first-order valence-electron chi connectivity index (χ1n) is 5.73. The molecule has 17 heavy (non-hydrogen) atoms. The fourth-order valence-electron chi connectivity index (χ4n) is 1.86. The molecule has 1 aliphatic heterocycles. The Hall–Kier alpha value is -0.910. The Bertz CT molecular complexity index is 396. The highest BCUT2D eigenvalue weighted by Gasteiger charge is 2.30. The van der Waals surface area contributed by atoms with Crippen LogP contribution in [0.4, 0.5) is 0 Å². The van der Waals surface area contributed by atoms with E-state index in [0.717, 1.165) is 10.4 Å². The summed E-state index contributed by atoms with van der Waals surface area (Å²) in [6, 6.07) is 1.92. The summed E-state index contributed by atoms with van der Waals surface area (Å²) in [4.78, 5) is 12.6. The van der Waals surface area contributed by atoms with E-state index in [-0.39, 0.29) is 5.91 Å². The van der Waals surface area contributed by atoms with Gasteiger partial charge in [0.25, 0.3) is 5.91 Å². The molecule has 1 aromatic rings. The van der Waals surface area contributed by atoms with Gasteiger partial charge in [-0.15, -0.1) is 11.3 Å². The van der Waals surface area contributed by atoms with Crippen LogP contribution < -0.4 is 5.32 Å². The van der Waals surface area contributed by atoms with Gasteiger partial charge in [-0.2, -0.15) is 0 Å². The molecular weight excluding hydrogens is 238 g/mol. The monoisotopic (exact) mass is 255 g/mol. The minimum Gasteiger partial charge on any atom is -0.388 e. The van der Waals surface area contributed by atoms with Crippen molar-refractivity contribution in [3.05, 3.63) is 21.9 Å². The topological polar surface area (TPSA) is 58.6 Å². The maximum absolute atomic E-state index is 11.9. The molecule has 1 fully saturated rings. The molecule has 0 atom stereocenters. The third-order valence-corrected chi connectivity index (χ3v) is 4.09. The second-order valence-corrected chi connectivity index (χ2v) is 5.37. The SMILES string of the molecule is Cc1ccsc1C(=O)NCC1(O)CCOCC1. The number of aliphatic hydroxyl groups is 1. The van der Waals surface area contributed by atoms with Crippen LogP contribution in [0, 0.1) is 6.92 Å². The van der Waals surface area contributed by atoms with E-state index in [9.17, 15) is 9.90 Å². The zero-order chi connectivity index (χ0) is 12.3. The van der Waals surface area contributed by atoms with Crippen LogP contribution in [0.25, 0.3) is 0 Å². The van der Waals surface area contributed by atoms with E-state index in [1.54, 1.807) is 0 Å². The molecule has 2 heterocycles. The Morgan fingerprint density at radius 1 is 1.59 bits per heavy atom. The number of carbonyl (C=O) groups is 1. The summed E-state index contributed by atoms with van der Waals surface area (Å²) in [6.07, 6.45) is 1.16. The van der Waals surface area contributed by atoms with Crippen LogP contribution >= 0.6 is 11.3 Å². The minimum absolute atomic E-state index is 0.0996. The molecule has 0 bridgehead atoms. The van der Waals surface area contributed by atoms with Crippen LogP contribution in [-0.2, 0) is 4.74 Å². The van der Waals surface area contributed by atoms with Gasteiger partial charge < -0.3 is 15.2 Å². The first-order valence-corrected chi connectivity index (χ1v) is 6.61. The zero-order valence-electron chi connectivity index (χ0n) is 9.86. The number of hydrogen-bond donors (Lipinski definition) is 2. The molecule has 94 valence electrons. The highest BCUT2D eigenvalue weighted by atomic mass is 32.1. The summed E-state index contributed by atoms with van der Waals surface area (Å²) in [6.45, 7) is 3.33. The van der Waals surface area contributed by atoms with E-state index >= 15 is 0 Å². The molecule has 0 aliphatic carbocycles. The first-order chi connectivity index (χ1) is 8.11. The van der Waals surface area contributed by atoms with E-state index < -0.39 is 5.60 Å². The molecule has 1 aromatic heterocycles. The summed E-state index contributed by atoms with van der Waals surface area (Å²) in [5.74, 6) is -0.0996. The number of hydrogen-bond acceptors (Lipinski definition) is 4. The lowest BCUT2D eigenvalue weighted by molar-refractivity contribution is -0.0605. The minimum atomic E-state index is -0.806. The van der Waals surface area contributed by atoms with Crippen LogP contribution in [0.1, 0.15) is 28.1 Å². The van der Waals surface area contributed by atoms with Gasteiger partial charge in [-0.05, 0) is 23.9 Å². The third-order valence-electron chi connectivity index (χ3n) is 3.07. The van der Waals surface area contributed by atoms with Gasteiger partial charge in [0, 0.05) is 32.6 Å². The normalized spacial score (nSPS) is 18.9. The maximum atomic E-state index is 11.9. The van der Waals surface area contributed by atoms with E-state index in [4.69, 9.17) is 4.74 Å². The van der Waals surface area contributed by atoms with Crippen LogP contribution in [0.2, 0.25) is 0 Å². The van der Waals surface area contributed by atoms with Crippen molar-refractivity contribution >= 4 is 17.2 Å². The molecule has 0 spiro atoms. The van der Waals surface area contributed by atoms with Crippen molar-refractivity contribution in [2.75, 3.05) is 19.8 Å². The van der Waals surface area contributed by atoms with Crippen molar-refractivity contribution < 1.29 is 14.6 Å². The van der Waals surface area contributed by atoms with E-state index in [0.29, 0.717) is 32.6 Å². The molecule has 0 radical (unpaired) electrons. The molecule has 1 amide bonds. The number of ether oxygens (including phenoxy) is 1. The smallest absolute Gasteiger partial charge is 0.261 e. The lowest BCUT2D eigenvalue weighted by Gasteiger charge is -2.32. The van der Waals surface area contributed by atoms with Crippen LogP contribution in [0.15, 0.2) is 11.4 Å². The maximum Gasteiger partial charge on any atom is 0.261 e. The lowest BCUT2D eigenvalue weighted by atomic mass is 9.94. The average molecular weight is 255 g/mol.